The highest BCUT2D eigenvalue weighted by Crippen LogP contribution is 2.23. The third kappa shape index (κ3) is 6.39. The first-order chi connectivity index (χ1) is 12.8. The van der Waals surface area contributed by atoms with Crippen molar-refractivity contribution in [1.29, 1.82) is 0 Å². The molecule has 1 aromatic carbocycles. The van der Waals surface area contributed by atoms with Gasteiger partial charge in [0.1, 0.15) is 12.4 Å². The summed E-state index contributed by atoms with van der Waals surface area (Å²) in [6.07, 6.45) is 0.947. The zero-order chi connectivity index (χ0) is 18.2. The zero-order valence-electron chi connectivity index (χ0n) is 15.3. The normalized spacial score (nSPS) is 13.4. The van der Waals surface area contributed by atoms with Crippen LogP contribution in [0.4, 0.5) is 0 Å². The van der Waals surface area contributed by atoms with Gasteiger partial charge in [-0.05, 0) is 35.6 Å². The number of hydrogen-bond acceptors (Lipinski definition) is 4. The fraction of sp³-hybridized carbons (Fsp3) is 0.368. The van der Waals surface area contributed by atoms with Crippen LogP contribution in [-0.4, -0.2) is 50.1 Å². The number of ether oxygens (including phenoxy) is 1. The van der Waals surface area contributed by atoms with Gasteiger partial charge in [0.2, 0.25) is 5.91 Å². The summed E-state index contributed by atoms with van der Waals surface area (Å²) in [5.74, 6) is 1.53. The van der Waals surface area contributed by atoms with Gasteiger partial charge in [0.15, 0.2) is 5.96 Å². The molecule has 0 spiro atoms. The molecule has 1 aliphatic rings. The first-order valence-electron chi connectivity index (χ1n) is 8.71. The van der Waals surface area contributed by atoms with Crippen LogP contribution in [0.15, 0.2) is 46.8 Å². The Hall–Kier alpha value is -1.81. The second kappa shape index (κ2) is 11.1. The largest absolute Gasteiger partial charge is 0.492 e. The number of amides is 1. The SMILES string of the molecule is CN=C(NCCOc1ccccc1)NCC(=O)N1CCc2sccc2C1.I. The smallest absolute Gasteiger partial charge is 0.242 e. The lowest BCUT2D eigenvalue weighted by molar-refractivity contribution is -0.130. The van der Waals surface area contributed by atoms with E-state index in [2.05, 4.69) is 27.1 Å². The van der Waals surface area contributed by atoms with E-state index >= 15 is 0 Å². The number of halogens is 1. The van der Waals surface area contributed by atoms with Crippen molar-refractivity contribution in [2.75, 3.05) is 33.3 Å². The predicted molar refractivity (Wildman–Crippen MR) is 120 cm³/mol. The van der Waals surface area contributed by atoms with Crippen molar-refractivity contribution < 1.29 is 9.53 Å². The minimum atomic E-state index is 0. The van der Waals surface area contributed by atoms with Gasteiger partial charge in [-0.15, -0.1) is 35.3 Å². The summed E-state index contributed by atoms with van der Waals surface area (Å²) in [5, 5.41) is 8.33. The topological polar surface area (TPSA) is 66.0 Å². The molecule has 0 bridgehead atoms. The number of carbonyl (C=O) groups excluding carboxylic acids is 1. The Kier molecular flexibility index (Phi) is 8.86. The number of nitrogens with one attached hydrogen (secondary N) is 2. The quantitative estimate of drug-likeness (QED) is 0.277. The summed E-state index contributed by atoms with van der Waals surface area (Å²) < 4.78 is 5.63. The van der Waals surface area contributed by atoms with Crippen LogP contribution in [-0.2, 0) is 17.8 Å². The number of hydrogen-bond donors (Lipinski definition) is 2. The fourth-order valence-electron chi connectivity index (χ4n) is 2.81. The molecule has 3 rings (SSSR count). The standard InChI is InChI=1S/C19H24N4O2S.HI/c1-20-19(21-9-11-25-16-5-3-2-4-6-16)22-13-18(24)23-10-7-17-15(14-23)8-12-26-17;/h2-6,8,12H,7,9-11,13-14H2,1H3,(H2,20,21,22);1H. The highest BCUT2D eigenvalue weighted by atomic mass is 127. The van der Waals surface area contributed by atoms with Crippen LogP contribution in [0.5, 0.6) is 5.75 Å². The molecule has 0 saturated carbocycles. The van der Waals surface area contributed by atoms with Gasteiger partial charge in [-0.3, -0.25) is 9.79 Å². The lowest BCUT2D eigenvalue weighted by Gasteiger charge is -2.27. The Bertz CT molecular complexity index is 751. The van der Waals surface area contributed by atoms with Gasteiger partial charge >= 0.3 is 0 Å². The first-order valence-corrected chi connectivity index (χ1v) is 9.59. The molecule has 0 radical (unpaired) electrons. The average molecular weight is 500 g/mol. The number of para-hydroxylation sites is 1. The highest BCUT2D eigenvalue weighted by Gasteiger charge is 2.21. The number of thiophene rings is 1. The molecule has 1 aromatic heterocycles. The Morgan fingerprint density at radius 3 is 2.85 bits per heavy atom. The molecule has 8 heteroatoms. The molecular weight excluding hydrogens is 475 g/mol. The number of rotatable bonds is 6. The molecule has 2 aromatic rings. The van der Waals surface area contributed by atoms with E-state index in [1.807, 2.05) is 35.2 Å². The lowest BCUT2D eigenvalue weighted by Crippen LogP contribution is -2.46. The van der Waals surface area contributed by atoms with Crippen molar-refractivity contribution in [1.82, 2.24) is 15.5 Å². The maximum absolute atomic E-state index is 12.4. The second-order valence-electron chi connectivity index (χ2n) is 5.95. The van der Waals surface area contributed by atoms with E-state index in [1.54, 1.807) is 18.4 Å². The monoisotopic (exact) mass is 500 g/mol. The minimum Gasteiger partial charge on any atom is -0.492 e. The van der Waals surface area contributed by atoms with Crippen LogP contribution in [0.1, 0.15) is 10.4 Å². The second-order valence-corrected chi connectivity index (χ2v) is 6.95. The maximum Gasteiger partial charge on any atom is 0.242 e. The van der Waals surface area contributed by atoms with Crippen LogP contribution in [0.25, 0.3) is 0 Å². The van der Waals surface area contributed by atoms with Crippen molar-refractivity contribution in [3.63, 3.8) is 0 Å². The molecule has 1 amide bonds. The Morgan fingerprint density at radius 2 is 2.07 bits per heavy atom. The summed E-state index contributed by atoms with van der Waals surface area (Å²) >= 11 is 1.78. The van der Waals surface area contributed by atoms with Gasteiger partial charge in [0.25, 0.3) is 0 Å². The summed E-state index contributed by atoms with van der Waals surface area (Å²) in [6.45, 7) is 2.84. The summed E-state index contributed by atoms with van der Waals surface area (Å²) in [7, 11) is 1.69. The van der Waals surface area contributed by atoms with E-state index in [-0.39, 0.29) is 36.4 Å². The fourth-order valence-corrected chi connectivity index (χ4v) is 3.70. The molecule has 0 aliphatic carbocycles. The summed E-state index contributed by atoms with van der Waals surface area (Å²) in [5.41, 5.74) is 1.27. The molecule has 0 atom stereocenters. The molecule has 146 valence electrons. The van der Waals surface area contributed by atoms with E-state index < -0.39 is 0 Å². The van der Waals surface area contributed by atoms with Gasteiger partial charge in [-0.25, -0.2) is 0 Å². The molecule has 2 heterocycles. The summed E-state index contributed by atoms with van der Waals surface area (Å²) in [4.78, 5) is 19.9. The first kappa shape index (κ1) is 21.5. The van der Waals surface area contributed by atoms with Crippen molar-refractivity contribution >= 4 is 47.2 Å². The van der Waals surface area contributed by atoms with Gasteiger partial charge in [-0.2, -0.15) is 0 Å². The highest BCUT2D eigenvalue weighted by molar-refractivity contribution is 14.0. The zero-order valence-corrected chi connectivity index (χ0v) is 18.5. The number of nitrogens with zero attached hydrogens (tertiary/aromatic N) is 2. The van der Waals surface area contributed by atoms with Crippen LogP contribution in [0.2, 0.25) is 0 Å². The number of benzene rings is 1. The van der Waals surface area contributed by atoms with E-state index in [9.17, 15) is 4.79 Å². The third-order valence-corrected chi connectivity index (χ3v) is 5.22. The molecule has 6 nitrogen and oxygen atoms in total. The van der Waals surface area contributed by atoms with Crippen molar-refractivity contribution in [2.45, 2.75) is 13.0 Å². The molecule has 0 unspecified atom stereocenters. The molecule has 0 saturated heterocycles. The minimum absolute atomic E-state index is 0. The van der Waals surface area contributed by atoms with Crippen LogP contribution < -0.4 is 15.4 Å². The van der Waals surface area contributed by atoms with E-state index in [1.165, 1.54) is 10.4 Å². The number of aliphatic imine (C=N–C) groups is 1. The maximum atomic E-state index is 12.4. The Morgan fingerprint density at radius 1 is 1.26 bits per heavy atom. The van der Waals surface area contributed by atoms with Crippen LogP contribution in [0, 0.1) is 0 Å². The number of guanidine groups is 1. The van der Waals surface area contributed by atoms with Crippen molar-refractivity contribution in [2.24, 2.45) is 4.99 Å². The van der Waals surface area contributed by atoms with E-state index in [0.717, 1.165) is 18.7 Å². The van der Waals surface area contributed by atoms with E-state index in [0.29, 0.717) is 25.7 Å². The number of fused-ring (bicyclic) bond motifs is 1. The van der Waals surface area contributed by atoms with Crippen molar-refractivity contribution in [3.05, 3.63) is 52.2 Å². The molecular formula is C19H25IN4O2S. The predicted octanol–water partition coefficient (Wildman–Crippen LogP) is 2.49. The van der Waals surface area contributed by atoms with E-state index in [4.69, 9.17) is 4.74 Å². The lowest BCUT2D eigenvalue weighted by atomic mass is 10.1. The molecule has 1 aliphatic heterocycles. The Balaban J connectivity index is 0.00000261. The van der Waals surface area contributed by atoms with Gasteiger partial charge in [0.05, 0.1) is 13.1 Å². The van der Waals surface area contributed by atoms with Crippen molar-refractivity contribution in [3.8, 4) is 5.75 Å². The molecule has 0 fully saturated rings. The Labute approximate surface area is 181 Å². The molecule has 2 N–H and O–H groups in total. The average Bonchev–Trinajstić information content (AvgIpc) is 3.16. The van der Waals surface area contributed by atoms with Gasteiger partial charge in [-0.1, -0.05) is 18.2 Å². The van der Waals surface area contributed by atoms with Crippen LogP contribution >= 0.6 is 35.3 Å². The third-order valence-electron chi connectivity index (χ3n) is 4.20. The van der Waals surface area contributed by atoms with Gasteiger partial charge in [0, 0.05) is 25.0 Å². The number of carbonyl (C=O) groups is 1. The van der Waals surface area contributed by atoms with Gasteiger partial charge < -0.3 is 20.3 Å². The molecule has 27 heavy (non-hydrogen) atoms. The summed E-state index contributed by atoms with van der Waals surface area (Å²) in [6, 6.07) is 11.8. The van der Waals surface area contributed by atoms with Crippen LogP contribution in [0.3, 0.4) is 0 Å².